The van der Waals surface area contributed by atoms with Crippen molar-refractivity contribution in [1.29, 1.82) is 0 Å². The van der Waals surface area contributed by atoms with Gasteiger partial charge in [0.2, 0.25) is 0 Å². The van der Waals surface area contributed by atoms with Gasteiger partial charge >= 0.3 is 0 Å². The van der Waals surface area contributed by atoms with Crippen molar-refractivity contribution in [2.24, 2.45) is 5.73 Å². The van der Waals surface area contributed by atoms with E-state index in [2.05, 4.69) is 5.48 Å². The van der Waals surface area contributed by atoms with Crippen LogP contribution in [-0.4, -0.2) is 12.0 Å². The zero-order chi connectivity index (χ0) is 12.1. The van der Waals surface area contributed by atoms with E-state index in [9.17, 15) is 4.79 Å². The van der Waals surface area contributed by atoms with Gasteiger partial charge < -0.3 is 5.73 Å². The quantitative estimate of drug-likeness (QED) is 0.779. The Bertz CT molecular complexity index is 361. The van der Waals surface area contributed by atoms with Gasteiger partial charge in [0, 0.05) is 0 Å². The zero-order valence-electron chi connectivity index (χ0n) is 9.76. The third-order valence-corrected chi connectivity index (χ3v) is 3.07. The van der Waals surface area contributed by atoms with Crippen molar-refractivity contribution in [2.45, 2.75) is 37.8 Å². The van der Waals surface area contributed by atoms with E-state index in [-0.39, 0.29) is 12.0 Å². The summed E-state index contributed by atoms with van der Waals surface area (Å²) in [5, 5.41) is 0. The van der Waals surface area contributed by atoms with Gasteiger partial charge in [0.25, 0.3) is 5.91 Å². The van der Waals surface area contributed by atoms with Gasteiger partial charge in [-0.3, -0.25) is 9.63 Å². The van der Waals surface area contributed by atoms with Crippen LogP contribution in [0.1, 0.15) is 37.3 Å². The molecule has 0 aliphatic heterocycles. The SMILES string of the molecule is N[C@H](C(=O)NOC1CCCC1)c1ccccc1. The van der Waals surface area contributed by atoms with Crippen molar-refractivity contribution in [3.8, 4) is 0 Å². The van der Waals surface area contributed by atoms with E-state index in [1.807, 2.05) is 30.3 Å². The lowest BCUT2D eigenvalue weighted by Gasteiger charge is -2.15. The lowest BCUT2D eigenvalue weighted by atomic mass is 10.1. The van der Waals surface area contributed by atoms with Crippen molar-refractivity contribution < 1.29 is 9.63 Å². The average molecular weight is 234 g/mol. The largest absolute Gasteiger partial charge is 0.316 e. The number of hydrogen-bond donors (Lipinski definition) is 2. The number of hydroxylamine groups is 1. The molecule has 1 amide bonds. The van der Waals surface area contributed by atoms with Gasteiger partial charge in [-0.05, 0) is 18.4 Å². The molecule has 1 fully saturated rings. The van der Waals surface area contributed by atoms with E-state index in [1.165, 1.54) is 12.8 Å². The predicted octanol–water partition coefficient (Wildman–Crippen LogP) is 1.68. The second-order valence-electron chi connectivity index (χ2n) is 4.38. The molecule has 2 rings (SSSR count). The third-order valence-electron chi connectivity index (χ3n) is 3.07. The summed E-state index contributed by atoms with van der Waals surface area (Å²) in [6.45, 7) is 0. The Morgan fingerprint density at radius 2 is 1.94 bits per heavy atom. The van der Waals surface area contributed by atoms with E-state index in [0.717, 1.165) is 18.4 Å². The Balaban J connectivity index is 1.83. The fraction of sp³-hybridized carbons (Fsp3) is 0.462. The number of carbonyl (C=O) groups is 1. The number of rotatable bonds is 4. The van der Waals surface area contributed by atoms with Crippen LogP contribution >= 0.6 is 0 Å². The highest BCUT2D eigenvalue weighted by Crippen LogP contribution is 2.20. The summed E-state index contributed by atoms with van der Waals surface area (Å²) >= 11 is 0. The number of nitrogens with one attached hydrogen (secondary N) is 1. The summed E-state index contributed by atoms with van der Waals surface area (Å²) in [5.41, 5.74) is 9.08. The maximum Gasteiger partial charge on any atom is 0.265 e. The molecule has 0 aromatic heterocycles. The van der Waals surface area contributed by atoms with Crippen LogP contribution in [0.15, 0.2) is 30.3 Å². The summed E-state index contributed by atoms with van der Waals surface area (Å²) in [6, 6.07) is 8.61. The Kier molecular flexibility index (Phi) is 4.12. The molecule has 1 saturated carbocycles. The lowest BCUT2D eigenvalue weighted by molar-refractivity contribution is -0.139. The molecule has 1 atom stereocenters. The first-order valence-corrected chi connectivity index (χ1v) is 6.03. The summed E-state index contributed by atoms with van der Waals surface area (Å²) in [7, 11) is 0. The fourth-order valence-corrected chi connectivity index (χ4v) is 2.02. The second-order valence-corrected chi connectivity index (χ2v) is 4.38. The predicted molar refractivity (Wildman–Crippen MR) is 64.9 cm³/mol. The smallest absolute Gasteiger partial charge is 0.265 e. The minimum Gasteiger partial charge on any atom is -0.316 e. The average Bonchev–Trinajstić information content (AvgIpc) is 2.89. The van der Waals surface area contributed by atoms with Gasteiger partial charge in [-0.15, -0.1) is 0 Å². The highest BCUT2D eigenvalue weighted by molar-refractivity contribution is 5.81. The van der Waals surface area contributed by atoms with Crippen molar-refractivity contribution in [3.63, 3.8) is 0 Å². The Labute approximate surface area is 101 Å². The fourth-order valence-electron chi connectivity index (χ4n) is 2.02. The molecular weight excluding hydrogens is 216 g/mol. The van der Waals surface area contributed by atoms with Crippen LogP contribution in [0, 0.1) is 0 Å². The second kappa shape index (κ2) is 5.80. The standard InChI is InChI=1S/C13H18N2O2/c14-12(10-6-2-1-3-7-10)13(16)15-17-11-8-4-5-9-11/h1-3,6-7,11-12H,4-5,8-9,14H2,(H,15,16)/t12-/m0/s1. The van der Waals surface area contributed by atoms with Crippen molar-refractivity contribution in [3.05, 3.63) is 35.9 Å². The highest BCUT2D eigenvalue weighted by atomic mass is 16.7. The van der Waals surface area contributed by atoms with Crippen LogP contribution in [-0.2, 0) is 9.63 Å². The van der Waals surface area contributed by atoms with E-state index in [0.29, 0.717) is 0 Å². The number of hydrogen-bond acceptors (Lipinski definition) is 3. The van der Waals surface area contributed by atoms with E-state index < -0.39 is 6.04 Å². The molecule has 1 aromatic rings. The van der Waals surface area contributed by atoms with Crippen LogP contribution in [0.4, 0.5) is 0 Å². The molecular formula is C13H18N2O2. The maximum absolute atomic E-state index is 11.7. The Morgan fingerprint density at radius 1 is 1.29 bits per heavy atom. The maximum atomic E-state index is 11.7. The first kappa shape index (κ1) is 12.1. The van der Waals surface area contributed by atoms with Crippen LogP contribution < -0.4 is 11.2 Å². The third kappa shape index (κ3) is 3.28. The Morgan fingerprint density at radius 3 is 2.59 bits per heavy atom. The molecule has 0 unspecified atom stereocenters. The van der Waals surface area contributed by atoms with E-state index in [4.69, 9.17) is 10.6 Å². The van der Waals surface area contributed by atoms with Crippen LogP contribution in [0.5, 0.6) is 0 Å². The molecule has 1 aromatic carbocycles. The summed E-state index contributed by atoms with van der Waals surface area (Å²) < 4.78 is 0. The highest BCUT2D eigenvalue weighted by Gasteiger charge is 2.20. The zero-order valence-corrected chi connectivity index (χ0v) is 9.76. The minimum atomic E-state index is -0.669. The molecule has 1 aliphatic rings. The number of carbonyl (C=O) groups excluding carboxylic acids is 1. The molecule has 92 valence electrons. The molecule has 0 bridgehead atoms. The molecule has 3 N–H and O–H groups in total. The monoisotopic (exact) mass is 234 g/mol. The van der Waals surface area contributed by atoms with Crippen molar-refractivity contribution in [2.75, 3.05) is 0 Å². The lowest BCUT2D eigenvalue weighted by Crippen LogP contribution is -2.36. The van der Waals surface area contributed by atoms with E-state index >= 15 is 0 Å². The minimum absolute atomic E-state index is 0.155. The first-order chi connectivity index (χ1) is 8.27. The molecule has 0 radical (unpaired) electrons. The molecule has 17 heavy (non-hydrogen) atoms. The number of benzene rings is 1. The molecule has 0 heterocycles. The van der Waals surface area contributed by atoms with Gasteiger partial charge in [-0.2, -0.15) is 0 Å². The summed E-state index contributed by atoms with van der Waals surface area (Å²) in [6.07, 6.45) is 4.53. The van der Waals surface area contributed by atoms with Gasteiger partial charge in [0.05, 0.1) is 6.10 Å². The summed E-state index contributed by atoms with van der Waals surface area (Å²) in [4.78, 5) is 17.1. The summed E-state index contributed by atoms with van der Waals surface area (Å²) in [5.74, 6) is -0.289. The van der Waals surface area contributed by atoms with Gasteiger partial charge in [0.15, 0.2) is 0 Å². The molecule has 0 spiro atoms. The van der Waals surface area contributed by atoms with Crippen LogP contribution in [0.3, 0.4) is 0 Å². The van der Waals surface area contributed by atoms with Crippen LogP contribution in [0.25, 0.3) is 0 Å². The van der Waals surface area contributed by atoms with Gasteiger partial charge in [0.1, 0.15) is 6.04 Å². The van der Waals surface area contributed by atoms with Gasteiger partial charge in [-0.1, -0.05) is 43.2 Å². The van der Waals surface area contributed by atoms with Crippen LogP contribution in [0.2, 0.25) is 0 Å². The number of amides is 1. The molecule has 4 nitrogen and oxygen atoms in total. The first-order valence-electron chi connectivity index (χ1n) is 6.03. The Hall–Kier alpha value is -1.39. The van der Waals surface area contributed by atoms with Crippen molar-refractivity contribution >= 4 is 5.91 Å². The molecule has 1 aliphatic carbocycles. The molecule has 0 saturated heterocycles. The topological polar surface area (TPSA) is 64.4 Å². The number of nitrogens with two attached hydrogens (primary N) is 1. The molecule has 4 heteroatoms. The van der Waals surface area contributed by atoms with Crippen molar-refractivity contribution in [1.82, 2.24) is 5.48 Å². The van der Waals surface area contributed by atoms with Gasteiger partial charge in [-0.25, -0.2) is 5.48 Å². The van der Waals surface area contributed by atoms with E-state index in [1.54, 1.807) is 0 Å². The normalized spacial score (nSPS) is 17.9.